The first-order valence-corrected chi connectivity index (χ1v) is 10.6. The second-order valence-corrected chi connectivity index (χ2v) is 7.63. The fourth-order valence-corrected chi connectivity index (χ4v) is 3.70. The summed E-state index contributed by atoms with van der Waals surface area (Å²) in [5.41, 5.74) is 0.719. The van der Waals surface area contributed by atoms with Gasteiger partial charge in [-0.15, -0.1) is 0 Å². The lowest BCUT2D eigenvalue weighted by atomic mass is 10.2. The van der Waals surface area contributed by atoms with E-state index in [1.54, 1.807) is 36.9 Å². The van der Waals surface area contributed by atoms with E-state index in [1.165, 1.54) is 0 Å². The van der Waals surface area contributed by atoms with Gasteiger partial charge in [-0.25, -0.2) is 5.10 Å². The fourth-order valence-electron chi connectivity index (χ4n) is 3.70. The molecule has 0 unspecified atom stereocenters. The van der Waals surface area contributed by atoms with Crippen molar-refractivity contribution in [2.45, 2.75) is 20.8 Å². The smallest absolute Gasteiger partial charge is 0.277 e. The molecule has 1 aromatic carbocycles. The van der Waals surface area contributed by atoms with Crippen LogP contribution in [-0.4, -0.2) is 59.8 Å². The number of ether oxygens (including phenoxy) is 2. The largest absolute Gasteiger partial charge is 0.486 e. The molecule has 3 N–H and O–H groups in total. The van der Waals surface area contributed by atoms with Crippen LogP contribution in [0.3, 0.4) is 0 Å². The number of nitrogens with zero attached hydrogens (tertiary/aromatic N) is 2. The summed E-state index contributed by atoms with van der Waals surface area (Å²) in [6.07, 6.45) is 0. The monoisotopic (exact) mass is 455 g/mol. The zero-order valence-electron chi connectivity index (χ0n) is 18.6. The average molecular weight is 455 g/mol. The highest BCUT2D eigenvalue weighted by atomic mass is 16.6. The van der Waals surface area contributed by atoms with Crippen LogP contribution in [0.1, 0.15) is 18.4 Å². The van der Waals surface area contributed by atoms with Gasteiger partial charge in [0.05, 0.1) is 24.2 Å². The Balaban J connectivity index is 1.38. The van der Waals surface area contributed by atoms with Gasteiger partial charge in [0.25, 0.3) is 5.56 Å². The van der Waals surface area contributed by atoms with Gasteiger partial charge in [-0.3, -0.25) is 24.6 Å². The lowest BCUT2D eigenvalue weighted by molar-refractivity contribution is -0.120. The van der Waals surface area contributed by atoms with E-state index in [-0.39, 0.29) is 30.3 Å². The van der Waals surface area contributed by atoms with E-state index in [0.29, 0.717) is 53.8 Å². The molecule has 2 amide bonds. The minimum Gasteiger partial charge on any atom is -0.486 e. The lowest BCUT2D eigenvalue weighted by Crippen LogP contribution is -2.38. The summed E-state index contributed by atoms with van der Waals surface area (Å²) < 4.78 is 16.6. The van der Waals surface area contributed by atoms with E-state index in [4.69, 9.17) is 13.9 Å². The molecule has 0 saturated carbocycles. The van der Waals surface area contributed by atoms with Crippen molar-refractivity contribution >= 4 is 34.2 Å². The molecule has 11 heteroatoms. The first-order valence-electron chi connectivity index (χ1n) is 10.6. The molecule has 3 aromatic rings. The van der Waals surface area contributed by atoms with Crippen molar-refractivity contribution < 1.29 is 23.5 Å². The van der Waals surface area contributed by atoms with Gasteiger partial charge in [0, 0.05) is 11.8 Å². The fraction of sp³-hybridized carbons (Fsp3) is 0.364. The number of carbonyl (C=O) groups excluding carboxylic acids is 2. The number of aromatic amines is 1. The third kappa shape index (κ3) is 4.82. The van der Waals surface area contributed by atoms with Crippen molar-refractivity contribution in [1.82, 2.24) is 15.1 Å². The Bertz CT molecular complexity index is 1260. The van der Waals surface area contributed by atoms with Crippen LogP contribution in [0, 0.1) is 13.8 Å². The summed E-state index contributed by atoms with van der Waals surface area (Å²) in [6.45, 7) is 6.63. The Morgan fingerprint density at radius 2 is 1.76 bits per heavy atom. The van der Waals surface area contributed by atoms with Crippen molar-refractivity contribution in [2.75, 3.05) is 43.5 Å². The molecule has 3 heterocycles. The highest BCUT2D eigenvalue weighted by molar-refractivity contribution is 6.02. The standard InChI is InChI=1S/C22H25N5O6/c1-4-27(10-17(28)23-14-5-6-15-16(9-14)32-8-7-31-15)11-18(29)24-22-20-19(13(3)33-22)12(2)25-26-21(20)30/h5-6,9H,4,7-8,10-11H2,1-3H3,(H,23,28)(H,24,29)(H,26,30). The van der Waals surface area contributed by atoms with Crippen LogP contribution in [0.25, 0.3) is 10.8 Å². The van der Waals surface area contributed by atoms with Crippen molar-refractivity contribution in [2.24, 2.45) is 0 Å². The normalized spacial score (nSPS) is 12.7. The predicted octanol–water partition coefficient (Wildman–Crippen LogP) is 1.80. The van der Waals surface area contributed by atoms with Gasteiger partial charge in [-0.1, -0.05) is 6.92 Å². The lowest BCUT2D eigenvalue weighted by Gasteiger charge is -2.20. The van der Waals surface area contributed by atoms with Gasteiger partial charge >= 0.3 is 0 Å². The number of H-pyrrole nitrogens is 1. The molecule has 0 saturated heterocycles. The first kappa shape index (κ1) is 22.3. The number of hydrogen-bond acceptors (Lipinski definition) is 8. The van der Waals surface area contributed by atoms with E-state index in [1.807, 2.05) is 6.92 Å². The summed E-state index contributed by atoms with van der Waals surface area (Å²) in [7, 11) is 0. The number of carbonyl (C=O) groups is 2. The number of nitrogens with one attached hydrogen (secondary N) is 3. The molecular formula is C22H25N5O6. The molecule has 1 aliphatic heterocycles. The highest BCUT2D eigenvalue weighted by Crippen LogP contribution is 2.32. The number of rotatable bonds is 7. The molecule has 0 aliphatic carbocycles. The van der Waals surface area contributed by atoms with Gasteiger partial charge in [0.1, 0.15) is 24.4 Å². The maximum atomic E-state index is 12.6. The van der Waals surface area contributed by atoms with Gasteiger partial charge < -0.3 is 19.2 Å². The van der Waals surface area contributed by atoms with E-state index in [0.717, 1.165) is 0 Å². The second-order valence-electron chi connectivity index (χ2n) is 7.63. The molecule has 174 valence electrons. The molecule has 0 spiro atoms. The highest BCUT2D eigenvalue weighted by Gasteiger charge is 2.20. The van der Waals surface area contributed by atoms with E-state index in [9.17, 15) is 14.4 Å². The minimum atomic E-state index is -0.450. The predicted molar refractivity (Wildman–Crippen MR) is 121 cm³/mol. The van der Waals surface area contributed by atoms with E-state index >= 15 is 0 Å². The molecular weight excluding hydrogens is 430 g/mol. The number of hydrogen-bond donors (Lipinski definition) is 3. The molecule has 0 atom stereocenters. The SMILES string of the molecule is CCN(CC(=O)Nc1ccc2c(c1)OCCO2)CC(=O)Nc1oc(C)c2c(C)n[nH]c(=O)c12. The Morgan fingerprint density at radius 1 is 1.06 bits per heavy atom. The number of amides is 2. The first-order chi connectivity index (χ1) is 15.9. The minimum absolute atomic E-state index is 0.0000956. The van der Waals surface area contributed by atoms with Crippen molar-refractivity contribution in [3.8, 4) is 11.5 Å². The van der Waals surface area contributed by atoms with Crippen LogP contribution in [0.2, 0.25) is 0 Å². The van der Waals surface area contributed by atoms with Crippen LogP contribution in [-0.2, 0) is 9.59 Å². The molecule has 0 bridgehead atoms. The van der Waals surface area contributed by atoms with Gasteiger partial charge in [0.15, 0.2) is 11.5 Å². The molecule has 1 aliphatic rings. The zero-order chi connectivity index (χ0) is 23.5. The van der Waals surface area contributed by atoms with Crippen LogP contribution in [0.4, 0.5) is 11.6 Å². The molecule has 11 nitrogen and oxygen atoms in total. The molecule has 0 fully saturated rings. The second kappa shape index (κ2) is 9.33. The number of aryl methyl sites for hydroxylation is 2. The Kier molecular flexibility index (Phi) is 6.31. The number of benzene rings is 1. The topological polar surface area (TPSA) is 139 Å². The Hall–Kier alpha value is -3.86. The molecule has 33 heavy (non-hydrogen) atoms. The Morgan fingerprint density at radius 3 is 2.48 bits per heavy atom. The molecule has 2 aromatic heterocycles. The molecule has 0 radical (unpaired) electrons. The number of likely N-dealkylation sites (N-methyl/N-ethyl adjacent to an activating group) is 1. The quantitative estimate of drug-likeness (QED) is 0.490. The summed E-state index contributed by atoms with van der Waals surface area (Å²) in [4.78, 5) is 39.0. The summed E-state index contributed by atoms with van der Waals surface area (Å²) in [6, 6.07) is 5.17. The van der Waals surface area contributed by atoms with E-state index < -0.39 is 11.5 Å². The van der Waals surface area contributed by atoms with Gasteiger partial charge in [-0.05, 0) is 32.5 Å². The molecule has 4 rings (SSSR count). The van der Waals surface area contributed by atoms with Crippen LogP contribution in [0.5, 0.6) is 11.5 Å². The number of fused-ring (bicyclic) bond motifs is 2. The zero-order valence-corrected chi connectivity index (χ0v) is 18.6. The van der Waals surface area contributed by atoms with Crippen molar-refractivity contribution in [1.29, 1.82) is 0 Å². The summed E-state index contributed by atoms with van der Waals surface area (Å²) in [5, 5.41) is 12.6. The maximum Gasteiger partial charge on any atom is 0.277 e. The number of aromatic nitrogens is 2. The number of anilines is 2. The van der Waals surface area contributed by atoms with Crippen LogP contribution in [0.15, 0.2) is 27.4 Å². The van der Waals surface area contributed by atoms with Crippen molar-refractivity contribution in [3.63, 3.8) is 0 Å². The number of furan rings is 1. The van der Waals surface area contributed by atoms with Crippen LogP contribution < -0.4 is 25.7 Å². The van der Waals surface area contributed by atoms with Gasteiger partial charge in [-0.2, -0.15) is 5.10 Å². The third-order valence-electron chi connectivity index (χ3n) is 5.26. The summed E-state index contributed by atoms with van der Waals surface area (Å²) in [5.74, 6) is 1.08. The summed E-state index contributed by atoms with van der Waals surface area (Å²) >= 11 is 0. The van der Waals surface area contributed by atoms with E-state index in [2.05, 4.69) is 20.8 Å². The van der Waals surface area contributed by atoms with Gasteiger partial charge in [0.2, 0.25) is 17.7 Å². The third-order valence-corrected chi connectivity index (χ3v) is 5.26. The average Bonchev–Trinajstić information content (AvgIpc) is 3.12. The van der Waals surface area contributed by atoms with Crippen LogP contribution >= 0.6 is 0 Å². The van der Waals surface area contributed by atoms with Crippen molar-refractivity contribution in [3.05, 3.63) is 40.0 Å². The maximum absolute atomic E-state index is 12.6. The Labute approximate surface area is 189 Å².